The van der Waals surface area contributed by atoms with E-state index in [2.05, 4.69) is 30.2 Å². The molecule has 1 aromatic heterocycles. The van der Waals surface area contributed by atoms with Crippen LogP contribution >= 0.6 is 0 Å². The quantitative estimate of drug-likeness (QED) is 0.800. The van der Waals surface area contributed by atoms with Crippen LogP contribution in [0.3, 0.4) is 0 Å². The number of pyridine rings is 1. The highest BCUT2D eigenvalue weighted by Crippen LogP contribution is 2.30. The number of rotatable bonds is 6. The molecule has 106 valence electrons. The maximum absolute atomic E-state index is 5.98. The van der Waals surface area contributed by atoms with E-state index in [9.17, 15) is 0 Å². The monoisotopic (exact) mass is 262 g/mol. The fourth-order valence-electron chi connectivity index (χ4n) is 3.04. The normalized spacial score (nSPS) is 27.4. The third kappa shape index (κ3) is 5.29. The van der Waals surface area contributed by atoms with Gasteiger partial charge in [-0.25, -0.2) is 0 Å². The molecular weight excluding hydrogens is 236 g/mol. The van der Waals surface area contributed by atoms with E-state index in [0.29, 0.717) is 6.10 Å². The van der Waals surface area contributed by atoms with Gasteiger partial charge >= 0.3 is 0 Å². The van der Waals surface area contributed by atoms with Gasteiger partial charge in [0.05, 0.1) is 12.7 Å². The number of nitrogens with zero attached hydrogens (tertiary/aromatic N) is 1. The predicted octanol–water partition coefficient (Wildman–Crippen LogP) is 3.01. The minimum absolute atomic E-state index is 0.471. The molecule has 1 saturated carbocycles. The summed E-state index contributed by atoms with van der Waals surface area (Å²) in [5.41, 5.74) is 1.22. The largest absolute Gasteiger partial charge is 0.377 e. The summed E-state index contributed by atoms with van der Waals surface area (Å²) in [6, 6.07) is 4.06. The molecule has 2 atom stereocenters. The zero-order valence-electron chi connectivity index (χ0n) is 12.1. The molecule has 1 heterocycles. The average molecular weight is 262 g/mol. The summed E-state index contributed by atoms with van der Waals surface area (Å²) in [5.74, 6) is 1.63. The van der Waals surface area contributed by atoms with Crippen molar-refractivity contribution in [3.05, 3.63) is 30.1 Å². The molecule has 1 N–H and O–H groups in total. The molecule has 0 radical (unpaired) electrons. The van der Waals surface area contributed by atoms with Gasteiger partial charge in [0.2, 0.25) is 0 Å². The Morgan fingerprint density at radius 3 is 2.74 bits per heavy atom. The van der Waals surface area contributed by atoms with Crippen LogP contribution in [-0.2, 0) is 11.3 Å². The van der Waals surface area contributed by atoms with Crippen molar-refractivity contribution in [1.82, 2.24) is 10.3 Å². The molecule has 0 bridgehead atoms. The van der Waals surface area contributed by atoms with Crippen LogP contribution < -0.4 is 5.32 Å². The highest BCUT2D eigenvalue weighted by molar-refractivity contribution is 5.07. The Labute approximate surface area is 116 Å². The molecule has 1 aliphatic carbocycles. The minimum atomic E-state index is 0.471. The van der Waals surface area contributed by atoms with Crippen LogP contribution in [-0.4, -0.2) is 24.2 Å². The van der Waals surface area contributed by atoms with E-state index < -0.39 is 0 Å². The molecule has 1 aliphatic rings. The van der Waals surface area contributed by atoms with Gasteiger partial charge in [0.1, 0.15) is 0 Å². The van der Waals surface area contributed by atoms with E-state index in [-0.39, 0.29) is 0 Å². The zero-order chi connectivity index (χ0) is 13.5. The Morgan fingerprint density at radius 2 is 2.05 bits per heavy atom. The number of aromatic nitrogens is 1. The summed E-state index contributed by atoms with van der Waals surface area (Å²) in [4.78, 5) is 4.10. The Balaban J connectivity index is 1.57. The Morgan fingerprint density at radius 1 is 1.26 bits per heavy atom. The first-order valence-electron chi connectivity index (χ1n) is 7.45. The summed E-state index contributed by atoms with van der Waals surface area (Å²) < 4.78 is 5.98. The molecule has 19 heavy (non-hydrogen) atoms. The van der Waals surface area contributed by atoms with Crippen LogP contribution in [0.2, 0.25) is 0 Å². The molecule has 0 saturated heterocycles. The van der Waals surface area contributed by atoms with Crippen LogP contribution in [0.1, 0.15) is 38.7 Å². The molecule has 3 heteroatoms. The molecule has 0 aliphatic heterocycles. The lowest BCUT2D eigenvalue weighted by Gasteiger charge is -2.31. The third-order valence-electron chi connectivity index (χ3n) is 3.82. The Bertz CT molecular complexity index is 345. The highest BCUT2D eigenvalue weighted by Gasteiger charge is 2.23. The fraction of sp³-hybridized carbons (Fsp3) is 0.688. The number of hydrogen-bond donors (Lipinski definition) is 1. The molecule has 1 fully saturated rings. The number of hydrogen-bond acceptors (Lipinski definition) is 3. The van der Waals surface area contributed by atoms with E-state index in [1.54, 1.807) is 6.20 Å². The lowest BCUT2D eigenvalue weighted by atomic mass is 9.82. The van der Waals surface area contributed by atoms with Crippen LogP contribution in [0.5, 0.6) is 0 Å². The fourth-order valence-corrected chi connectivity index (χ4v) is 3.04. The van der Waals surface area contributed by atoms with Crippen LogP contribution in [0.25, 0.3) is 0 Å². The average Bonchev–Trinajstić information content (AvgIpc) is 2.38. The van der Waals surface area contributed by atoms with E-state index in [0.717, 1.165) is 31.5 Å². The van der Waals surface area contributed by atoms with Crippen molar-refractivity contribution in [1.29, 1.82) is 0 Å². The first kappa shape index (κ1) is 14.5. The van der Waals surface area contributed by atoms with Crippen LogP contribution in [0.15, 0.2) is 24.5 Å². The summed E-state index contributed by atoms with van der Waals surface area (Å²) in [7, 11) is 0. The summed E-state index contributed by atoms with van der Waals surface area (Å²) in [6.45, 7) is 7.27. The van der Waals surface area contributed by atoms with Gasteiger partial charge in [0.15, 0.2) is 0 Å². The predicted molar refractivity (Wildman–Crippen MR) is 77.9 cm³/mol. The van der Waals surface area contributed by atoms with E-state index >= 15 is 0 Å². The van der Waals surface area contributed by atoms with Gasteiger partial charge in [-0.3, -0.25) is 4.98 Å². The maximum Gasteiger partial charge on any atom is 0.0594 e. The highest BCUT2D eigenvalue weighted by atomic mass is 16.5. The van der Waals surface area contributed by atoms with Crippen molar-refractivity contribution < 1.29 is 4.74 Å². The van der Waals surface area contributed by atoms with Gasteiger partial charge in [-0.15, -0.1) is 0 Å². The number of ether oxygens (including phenoxy) is 1. The lowest BCUT2D eigenvalue weighted by molar-refractivity contribution is 0.00263. The molecule has 3 nitrogen and oxygen atoms in total. The van der Waals surface area contributed by atoms with Crippen LogP contribution in [0.4, 0.5) is 0 Å². The van der Waals surface area contributed by atoms with Crippen molar-refractivity contribution >= 4 is 0 Å². The van der Waals surface area contributed by atoms with Gasteiger partial charge in [-0.2, -0.15) is 0 Å². The Kier molecular flexibility index (Phi) is 5.80. The van der Waals surface area contributed by atoms with Gasteiger partial charge < -0.3 is 10.1 Å². The summed E-state index contributed by atoms with van der Waals surface area (Å²) in [5, 5.41) is 3.40. The first-order chi connectivity index (χ1) is 9.24. The van der Waals surface area contributed by atoms with Crippen molar-refractivity contribution in [2.24, 2.45) is 11.8 Å². The summed E-state index contributed by atoms with van der Waals surface area (Å²) >= 11 is 0. The molecule has 2 rings (SSSR count). The summed E-state index contributed by atoms with van der Waals surface area (Å²) in [6.07, 6.45) is 7.99. The van der Waals surface area contributed by atoms with E-state index in [1.165, 1.54) is 24.8 Å². The molecular formula is C16H26N2O. The smallest absolute Gasteiger partial charge is 0.0594 e. The third-order valence-corrected chi connectivity index (χ3v) is 3.82. The second-order valence-corrected chi connectivity index (χ2v) is 5.95. The topological polar surface area (TPSA) is 34.1 Å². The van der Waals surface area contributed by atoms with Crippen molar-refractivity contribution in [2.75, 3.05) is 13.2 Å². The molecule has 2 unspecified atom stereocenters. The maximum atomic E-state index is 5.98. The van der Waals surface area contributed by atoms with Gasteiger partial charge in [0, 0.05) is 25.5 Å². The van der Waals surface area contributed by atoms with Crippen LogP contribution in [0, 0.1) is 11.8 Å². The van der Waals surface area contributed by atoms with E-state index in [4.69, 9.17) is 4.74 Å². The van der Waals surface area contributed by atoms with Gasteiger partial charge in [0.25, 0.3) is 0 Å². The zero-order valence-corrected chi connectivity index (χ0v) is 12.1. The van der Waals surface area contributed by atoms with Gasteiger partial charge in [-0.1, -0.05) is 19.9 Å². The SMILES string of the molecule is CC1CC(C)CC(OCCNCc2cccnc2)C1. The second kappa shape index (κ2) is 7.61. The molecule has 0 spiro atoms. The minimum Gasteiger partial charge on any atom is -0.377 e. The van der Waals surface area contributed by atoms with Crippen molar-refractivity contribution in [3.8, 4) is 0 Å². The number of nitrogens with one attached hydrogen (secondary N) is 1. The van der Waals surface area contributed by atoms with E-state index in [1.807, 2.05) is 12.3 Å². The molecule has 1 aromatic rings. The second-order valence-electron chi connectivity index (χ2n) is 5.95. The van der Waals surface area contributed by atoms with Crippen molar-refractivity contribution in [2.45, 2.75) is 45.8 Å². The Hall–Kier alpha value is -0.930. The van der Waals surface area contributed by atoms with Crippen molar-refractivity contribution in [3.63, 3.8) is 0 Å². The lowest BCUT2D eigenvalue weighted by Crippen LogP contribution is -2.29. The molecule has 0 aromatic carbocycles. The standard InChI is InChI=1S/C16H26N2O/c1-13-8-14(2)10-16(9-13)19-7-6-18-12-15-4-3-5-17-11-15/h3-5,11,13-14,16,18H,6-10,12H2,1-2H3. The van der Waals surface area contributed by atoms with Gasteiger partial charge in [-0.05, 0) is 42.7 Å². The first-order valence-corrected chi connectivity index (χ1v) is 7.45. The molecule has 0 amide bonds.